The first kappa shape index (κ1) is 20.3. The van der Waals surface area contributed by atoms with E-state index in [1.807, 2.05) is 6.07 Å². The topological polar surface area (TPSA) is 43.2 Å². The molecule has 1 heterocycles. The zero-order valence-electron chi connectivity index (χ0n) is 18.3. The Labute approximate surface area is 185 Å². The summed E-state index contributed by atoms with van der Waals surface area (Å²) in [6.07, 6.45) is 16.8. The predicted molar refractivity (Wildman–Crippen MR) is 127 cm³/mol. The van der Waals surface area contributed by atoms with Gasteiger partial charge in [-0.2, -0.15) is 0 Å². The Balaban J connectivity index is 1.51. The lowest BCUT2D eigenvalue weighted by Gasteiger charge is -2.18. The van der Waals surface area contributed by atoms with E-state index in [1.165, 1.54) is 64.2 Å². The van der Waals surface area contributed by atoms with Crippen LogP contribution in [0.5, 0.6) is 11.5 Å². The highest BCUT2D eigenvalue weighted by molar-refractivity contribution is 6.00. The summed E-state index contributed by atoms with van der Waals surface area (Å²) >= 11 is 0. The average Bonchev–Trinajstić information content (AvgIpc) is 3.32. The first-order valence-corrected chi connectivity index (χ1v) is 12.0. The standard InChI is InChI=1S/C27H32N2O2/c1-3-10-22(11-4-1)28-17-20-9-7-8-14-24(20)26-21(15-16-25-27(26)31-19-30-25)18-29-23-12-5-2-6-13-23/h7-9,14-18,22-23H,1-6,10-13,19H2. The number of benzene rings is 2. The fraction of sp³-hybridized carbons (Fsp3) is 0.481. The summed E-state index contributed by atoms with van der Waals surface area (Å²) in [6.45, 7) is 0.268. The molecule has 0 aromatic heterocycles. The number of hydrogen-bond acceptors (Lipinski definition) is 4. The molecule has 1 aliphatic heterocycles. The van der Waals surface area contributed by atoms with Crippen LogP contribution in [-0.4, -0.2) is 31.3 Å². The van der Waals surface area contributed by atoms with Crippen molar-refractivity contribution in [3.63, 3.8) is 0 Å². The molecule has 162 valence electrons. The maximum Gasteiger partial charge on any atom is 0.231 e. The van der Waals surface area contributed by atoms with Crippen LogP contribution in [0.15, 0.2) is 46.4 Å². The van der Waals surface area contributed by atoms with Crippen LogP contribution in [-0.2, 0) is 0 Å². The Morgan fingerprint density at radius 1 is 0.677 bits per heavy atom. The minimum atomic E-state index is 0.268. The summed E-state index contributed by atoms with van der Waals surface area (Å²) in [4.78, 5) is 9.91. The molecule has 2 fully saturated rings. The van der Waals surface area contributed by atoms with Gasteiger partial charge >= 0.3 is 0 Å². The Kier molecular flexibility index (Phi) is 6.33. The second-order valence-corrected chi connectivity index (χ2v) is 8.99. The van der Waals surface area contributed by atoms with Gasteiger partial charge in [-0.05, 0) is 43.4 Å². The van der Waals surface area contributed by atoms with Crippen LogP contribution < -0.4 is 9.47 Å². The van der Waals surface area contributed by atoms with Crippen molar-refractivity contribution in [2.45, 2.75) is 76.3 Å². The molecule has 0 bridgehead atoms. The molecule has 0 saturated heterocycles. The van der Waals surface area contributed by atoms with Crippen LogP contribution in [0.4, 0.5) is 0 Å². The van der Waals surface area contributed by atoms with Crippen molar-refractivity contribution in [2.24, 2.45) is 9.98 Å². The lowest BCUT2D eigenvalue weighted by Crippen LogP contribution is -2.10. The van der Waals surface area contributed by atoms with Crippen LogP contribution in [0.3, 0.4) is 0 Å². The van der Waals surface area contributed by atoms with Gasteiger partial charge in [0.05, 0.1) is 0 Å². The molecule has 2 aromatic rings. The average molecular weight is 417 g/mol. The molecular weight excluding hydrogens is 384 g/mol. The number of aliphatic imine (C=N–C) groups is 2. The van der Waals surface area contributed by atoms with E-state index in [-0.39, 0.29) is 6.79 Å². The van der Waals surface area contributed by atoms with Crippen molar-refractivity contribution in [3.05, 3.63) is 47.5 Å². The van der Waals surface area contributed by atoms with Crippen molar-refractivity contribution in [1.29, 1.82) is 0 Å². The second kappa shape index (κ2) is 9.67. The third-order valence-electron chi connectivity index (χ3n) is 6.80. The molecule has 4 nitrogen and oxygen atoms in total. The summed E-state index contributed by atoms with van der Waals surface area (Å²) in [7, 11) is 0. The van der Waals surface area contributed by atoms with Crippen molar-refractivity contribution < 1.29 is 9.47 Å². The van der Waals surface area contributed by atoms with Crippen molar-refractivity contribution in [1.82, 2.24) is 0 Å². The fourth-order valence-corrected chi connectivity index (χ4v) is 5.04. The molecule has 3 aliphatic rings. The van der Waals surface area contributed by atoms with Gasteiger partial charge < -0.3 is 9.47 Å². The molecule has 0 amide bonds. The monoisotopic (exact) mass is 416 g/mol. The third kappa shape index (κ3) is 4.68. The molecule has 0 unspecified atom stereocenters. The van der Waals surface area contributed by atoms with Gasteiger partial charge in [-0.15, -0.1) is 0 Å². The molecule has 5 rings (SSSR count). The lowest BCUT2D eigenvalue weighted by molar-refractivity contribution is 0.174. The second-order valence-electron chi connectivity index (χ2n) is 8.99. The molecule has 2 saturated carbocycles. The number of fused-ring (bicyclic) bond motifs is 1. The number of nitrogens with zero attached hydrogens (tertiary/aromatic N) is 2. The maximum atomic E-state index is 5.94. The van der Waals surface area contributed by atoms with E-state index in [4.69, 9.17) is 19.5 Å². The molecule has 4 heteroatoms. The van der Waals surface area contributed by atoms with Gasteiger partial charge in [-0.1, -0.05) is 62.8 Å². The van der Waals surface area contributed by atoms with E-state index in [2.05, 4.69) is 42.8 Å². The number of hydrogen-bond donors (Lipinski definition) is 0. The van der Waals surface area contributed by atoms with Gasteiger partial charge in [0.15, 0.2) is 11.5 Å². The number of ether oxygens (including phenoxy) is 2. The molecule has 0 radical (unpaired) electrons. The summed E-state index contributed by atoms with van der Waals surface area (Å²) in [5.41, 5.74) is 4.42. The minimum absolute atomic E-state index is 0.268. The minimum Gasteiger partial charge on any atom is -0.454 e. The van der Waals surface area contributed by atoms with Crippen LogP contribution >= 0.6 is 0 Å². The predicted octanol–water partition coefficient (Wildman–Crippen LogP) is 6.59. The summed E-state index contributed by atoms with van der Waals surface area (Å²) < 4.78 is 11.6. The summed E-state index contributed by atoms with van der Waals surface area (Å²) in [6, 6.07) is 13.5. The Morgan fingerprint density at radius 2 is 1.32 bits per heavy atom. The van der Waals surface area contributed by atoms with E-state index >= 15 is 0 Å². The molecule has 2 aromatic carbocycles. The van der Waals surface area contributed by atoms with Gasteiger partial charge in [0.2, 0.25) is 6.79 Å². The quantitative estimate of drug-likeness (QED) is 0.516. The molecule has 2 aliphatic carbocycles. The van der Waals surface area contributed by atoms with Crippen LogP contribution in [0.2, 0.25) is 0 Å². The van der Waals surface area contributed by atoms with Crippen molar-refractivity contribution >= 4 is 12.4 Å². The summed E-state index contributed by atoms with van der Waals surface area (Å²) in [5, 5.41) is 0. The maximum absolute atomic E-state index is 5.94. The van der Waals surface area contributed by atoms with E-state index in [0.29, 0.717) is 12.1 Å². The fourth-order valence-electron chi connectivity index (χ4n) is 5.04. The summed E-state index contributed by atoms with van der Waals surface area (Å²) in [5.74, 6) is 1.63. The molecule has 31 heavy (non-hydrogen) atoms. The van der Waals surface area contributed by atoms with E-state index in [0.717, 1.165) is 33.8 Å². The van der Waals surface area contributed by atoms with Gasteiger partial charge in [0.25, 0.3) is 0 Å². The normalized spacial score (nSPS) is 20.1. The van der Waals surface area contributed by atoms with E-state index in [1.54, 1.807) is 0 Å². The highest BCUT2D eigenvalue weighted by atomic mass is 16.7. The largest absolute Gasteiger partial charge is 0.454 e. The Morgan fingerprint density at radius 3 is 2.03 bits per heavy atom. The Hall–Kier alpha value is -2.62. The first-order valence-electron chi connectivity index (χ1n) is 12.0. The highest BCUT2D eigenvalue weighted by Gasteiger charge is 2.23. The molecular formula is C27H32N2O2. The zero-order valence-corrected chi connectivity index (χ0v) is 18.3. The highest BCUT2D eigenvalue weighted by Crippen LogP contribution is 2.44. The number of rotatable bonds is 5. The van der Waals surface area contributed by atoms with Gasteiger partial charge in [0, 0.05) is 41.2 Å². The first-order chi connectivity index (χ1) is 15.4. The van der Waals surface area contributed by atoms with Gasteiger partial charge in [0.1, 0.15) is 0 Å². The molecule has 0 spiro atoms. The van der Waals surface area contributed by atoms with E-state index in [9.17, 15) is 0 Å². The van der Waals surface area contributed by atoms with Crippen LogP contribution in [0.25, 0.3) is 11.1 Å². The smallest absolute Gasteiger partial charge is 0.231 e. The lowest BCUT2D eigenvalue weighted by atomic mass is 9.93. The van der Waals surface area contributed by atoms with Crippen LogP contribution in [0, 0.1) is 0 Å². The SMILES string of the molecule is C(=NC1CCCCC1)c1ccccc1-c1c(C=NC2CCCCC2)ccc2c1OCO2. The molecule has 0 N–H and O–H groups in total. The third-order valence-corrected chi connectivity index (χ3v) is 6.80. The Bertz CT molecular complexity index is 954. The van der Waals surface area contributed by atoms with Gasteiger partial charge in [-0.3, -0.25) is 9.98 Å². The van der Waals surface area contributed by atoms with Crippen molar-refractivity contribution in [2.75, 3.05) is 6.79 Å². The zero-order chi connectivity index (χ0) is 20.9. The molecule has 0 atom stereocenters. The van der Waals surface area contributed by atoms with Crippen LogP contribution in [0.1, 0.15) is 75.3 Å². The van der Waals surface area contributed by atoms with E-state index < -0.39 is 0 Å². The van der Waals surface area contributed by atoms with Crippen molar-refractivity contribution in [3.8, 4) is 22.6 Å². The van der Waals surface area contributed by atoms with Gasteiger partial charge in [-0.25, -0.2) is 0 Å².